The molecule has 0 aliphatic carbocycles. The number of rotatable bonds is 5. The lowest BCUT2D eigenvalue weighted by atomic mass is 9.94. The summed E-state index contributed by atoms with van der Waals surface area (Å²) in [5, 5.41) is 5.61. The van der Waals surface area contributed by atoms with Crippen LogP contribution in [0.2, 0.25) is 0 Å². The van der Waals surface area contributed by atoms with Crippen molar-refractivity contribution in [3.8, 4) is 0 Å². The van der Waals surface area contributed by atoms with Crippen molar-refractivity contribution in [1.82, 2.24) is 5.32 Å². The Hall–Kier alpha value is -3.19. The lowest BCUT2D eigenvalue weighted by molar-refractivity contribution is -0.115. The average molecular weight is 394 g/mol. The molecule has 0 atom stereocenters. The van der Waals surface area contributed by atoms with Gasteiger partial charge in [0.1, 0.15) is 6.54 Å². The monoisotopic (exact) mass is 394 g/mol. The molecule has 2 aromatic carbocycles. The number of amides is 3. The van der Waals surface area contributed by atoms with Gasteiger partial charge in [-0.15, -0.1) is 0 Å². The first kappa shape index (κ1) is 20.5. The van der Waals surface area contributed by atoms with E-state index in [1.54, 1.807) is 30.3 Å². The number of carbonyl (C=O) groups excluding carboxylic acids is 3. The summed E-state index contributed by atoms with van der Waals surface area (Å²) in [6.07, 6.45) is 0. The summed E-state index contributed by atoms with van der Waals surface area (Å²) in [6, 6.07) is 12.1. The molecule has 0 saturated carbocycles. The summed E-state index contributed by atoms with van der Waals surface area (Å²) in [5.74, 6) is -0.826. The van der Waals surface area contributed by atoms with E-state index in [0.717, 1.165) is 5.56 Å². The molecule has 3 rings (SSSR count). The van der Waals surface area contributed by atoms with Crippen molar-refractivity contribution < 1.29 is 14.4 Å². The summed E-state index contributed by atoms with van der Waals surface area (Å²) < 4.78 is 0. The zero-order valence-corrected chi connectivity index (χ0v) is 16.9. The van der Waals surface area contributed by atoms with Crippen molar-refractivity contribution in [2.45, 2.75) is 20.8 Å². The van der Waals surface area contributed by atoms with E-state index in [-0.39, 0.29) is 29.7 Å². The minimum absolute atomic E-state index is 0.0735. The summed E-state index contributed by atoms with van der Waals surface area (Å²) in [7, 11) is 0. The predicted octanol–water partition coefficient (Wildman–Crippen LogP) is 2.31. The Labute approximate surface area is 170 Å². The lowest BCUT2D eigenvalue weighted by Crippen LogP contribution is -2.42. The van der Waals surface area contributed by atoms with Crippen LogP contribution in [0.4, 0.5) is 11.4 Å². The maximum Gasteiger partial charge on any atom is 0.258 e. The highest BCUT2D eigenvalue weighted by Crippen LogP contribution is 2.31. The molecular formula is C22H26N4O3. The van der Waals surface area contributed by atoms with Gasteiger partial charge in [0.25, 0.3) is 11.8 Å². The van der Waals surface area contributed by atoms with E-state index in [9.17, 15) is 14.4 Å². The number of nitrogens with zero attached hydrogens (tertiary/aromatic N) is 1. The standard InChI is InChI=1S/C22H26N4O3/c1-14-4-6-15(7-5-14)21(29)26-11-19(27)25-17-10-16(8-9-18(17)26)20(28)24-13-22(2,3)12-23/h4-10H,11-13,23H2,1-3H3,(H,24,28)(H,25,27). The van der Waals surface area contributed by atoms with Crippen LogP contribution in [0, 0.1) is 12.3 Å². The van der Waals surface area contributed by atoms with E-state index in [1.165, 1.54) is 4.90 Å². The Morgan fingerprint density at radius 3 is 2.45 bits per heavy atom. The van der Waals surface area contributed by atoms with Crippen molar-refractivity contribution in [2.75, 3.05) is 29.9 Å². The van der Waals surface area contributed by atoms with Crippen LogP contribution < -0.4 is 21.3 Å². The number of nitrogens with two attached hydrogens (primary N) is 1. The second-order valence-electron chi connectivity index (χ2n) is 8.09. The first-order valence-electron chi connectivity index (χ1n) is 9.51. The van der Waals surface area contributed by atoms with Crippen LogP contribution in [0.1, 0.15) is 40.1 Å². The molecule has 1 aliphatic heterocycles. The first-order chi connectivity index (χ1) is 13.7. The van der Waals surface area contributed by atoms with Crippen molar-refractivity contribution in [3.63, 3.8) is 0 Å². The van der Waals surface area contributed by atoms with E-state index in [4.69, 9.17) is 5.73 Å². The molecule has 0 aromatic heterocycles. The van der Waals surface area contributed by atoms with Gasteiger partial charge in [0, 0.05) is 17.7 Å². The van der Waals surface area contributed by atoms with Crippen LogP contribution >= 0.6 is 0 Å². The number of hydrogen-bond donors (Lipinski definition) is 3. The topological polar surface area (TPSA) is 105 Å². The Morgan fingerprint density at radius 2 is 1.79 bits per heavy atom. The Morgan fingerprint density at radius 1 is 1.14 bits per heavy atom. The Bertz CT molecular complexity index is 951. The van der Waals surface area contributed by atoms with E-state index in [2.05, 4.69) is 10.6 Å². The van der Waals surface area contributed by atoms with Gasteiger partial charge in [-0.3, -0.25) is 19.3 Å². The zero-order chi connectivity index (χ0) is 21.2. The molecule has 0 saturated heterocycles. The maximum atomic E-state index is 12.9. The third kappa shape index (κ3) is 4.63. The van der Waals surface area contributed by atoms with Crippen LogP contribution in [0.3, 0.4) is 0 Å². The van der Waals surface area contributed by atoms with Crippen LogP contribution in [-0.4, -0.2) is 37.4 Å². The number of aryl methyl sites for hydroxylation is 1. The maximum absolute atomic E-state index is 12.9. The van der Waals surface area contributed by atoms with Gasteiger partial charge in [-0.1, -0.05) is 31.5 Å². The van der Waals surface area contributed by atoms with Gasteiger partial charge < -0.3 is 16.4 Å². The summed E-state index contributed by atoms with van der Waals surface area (Å²) in [6.45, 7) is 6.69. The Balaban J connectivity index is 1.84. The molecule has 1 heterocycles. The minimum Gasteiger partial charge on any atom is -0.351 e. The smallest absolute Gasteiger partial charge is 0.258 e. The number of nitrogens with one attached hydrogen (secondary N) is 2. The third-order valence-electron chi connectivity index (χ3n) is 4.95. The van der Waals surface area contributed by atoms with Gasteiger partial charge >= 0.3 is 0 Å². The number of fused-ring (bicyclic) bond motifs is 1. The molecule has 29 heavy (non-hydrogen) atoms. The molecule has 7 nitrogen and oxygen atoms in total. The molecular weight excluding hydrogens is 368 g/mol. The number of carbonyl (C=O) groups is 3. The molecule has 7 heteroatoms. The molecule has 1 aliphatic rings. The van der Waals surface area contributed by atoms with Crippen molar-refractivity contribution in [1.29, 1.82) is 0 Å². The van der Waals surface area contributed by atoms with Crippen LogP contribution in [0.5, 0.6) is 0 Å². The highest BCUT2D eigenvalue weighted by molar-refractivity contribution is 6.15. The summed E-state index contributed by atoms with van der Waals surface area (Å²) in [5.41, 5.74) is 8.44. The van der Waals surface area contributed by atoms with Crippen LogP contribution in [0.25, 0.3) is 0 Å². The molecule has 4 N–H and O–H groups in total. The largest absolute Gasteiger partial charge is 0.351 e. The molecule has 2 aromatic rings. The highest BCUT2D eigenvalue weighted by Gasteiger charge is 2.28. The van der Waals surface area contributed by atoms with Crippen molar-refractivity contribution >= 4 is 29.1 Å². The fourth-order valence-corrected chi connectivity index (χ4v) is 2.96. The molecule has 152 valence electrons. The van der Waals surface area contributed by atoms with Crippen LogP contribution in [-0.2, 0) is 4.79 Å². The molecule has 3 amide bonds. The first-order valence-corrected chi connectivity index (χ1v) is 9.51. The second-order valence-corrected chi connectivity index (χ2v) is 8.09. The third-order valence-corrected chi connectivity index (χ3v) is 4.95. The van der Waals surface area contributed by atoms with Gasteiger partial charge in [-0.25, -0.2) is 0 Å². The average Bonchev–Trinajstić information content (AvgIpc) is 2.71. The molecule has 0 bridgehead atoms. The normalized spacial score (nSPS) is 13.5. The number of hydrogen-bond acceptors (Lipinski definition) is 4. The van der Waals surface area contributed by atoms with Gasteiger partial charge in [0.2, 0.25) is 5.91 Å². The highest BCUT2D eigenvalue weighted by atomic mass is 16.2. The predicted molar refractivity (Wildman–Crippen MR) is 113 cm³/mol. The van der Waals surface area contributed by atoms with E-state index >= 15 is 0 Å². The fourth-order valence-electron chi connectivity index (χ4n) is 2.96. The van der Waals surface area contributed by atoms with Crippen LogP contribution in [0.15, 0.2) is 42.5 Å². The van der Waals surface area contributed by atoms with Gasteiger partial charge in [0.15, 0.2) is 0 Å². The SMILES string of the molecule is Cc1ccc(C(=O)N2CC(=O)Nc3cc(C(=O)NCC(C)(C)CN)ccc32)cc1. The number of benzene rings is 2. The molecule has 0 radical (unpaired) electrons. The molecule has 0 unspecified atom stereocenters. The van der Waals surface area contributed by atoms with E-state index in [0.29, 0.717) is 35.6 Å². The summed E-state index contributed by atoms with van der Waals surface area (Å²) >= 11 is 0. The van der Waals surface area contributed by atoms with E-state index < -0.39 is 0 Å². The van der Waals surface area contributed by atoms with Gasteiger partial charge in [-0.05, 0) is 49.2 Å². The van der Waals surface area contributed by atoms with E-state index in [1.807, 2.05) is 32.9 Å². The Kier molecular flexibility index (Phi) is 5.70. The van der Waals surface area contributed by atoms with Crippen molar-refractivity contribution in [3.05, 3.63) is 59.2 Å². The van der Waals surface area contributed by atoms with Crippen molar-refractivity contribution in [2.24, 2.45) is 11.1 Å². The zero-order valence-electron chi connectivity index (χ0n) is 16.9. The second kappa shape index (κ2) is 8.05. The number of anilines is 2. The minimum atomic E-state index is -0.306. The van der Waals surface area contributed by atoms with Gasteiger partial charge in [0.05, 0.1) is 11.4 Å². The lowest BCUT2D eigenvalue weighted by Gasteiger charge is -2.29. The summed E-state index contributed by atoms with van der Waals surface area (Å²) in [4.78, 5) is 39.0. The molecule has 0 fully saturated rings. The quantitative estimate of drug-likeness (QED) is 0.724. The van der Waals surface area contributed by atoms with Gasteiger partial charge in [-0.2, -0.15) is 0 Å². The fraction of sp³-hybridized carbons (Fsp3) is 0.318. The molecule has 0 spiro atoms.